The second-order valence-corrected chi connectivity index (χ2v) is 3.75. The van der Waals surface area contributed by atoms with Crippen LogP contribution < -0.4 is 0 Å². The van der Waals surface area contributed by atoms with Crippen LogP contribution in [0, 0.1) is 6.92 Å². The topological polar surface area (TPSA) is 47.3 Å². The number of ether oxygens (including phenoxy) is 1. The van der Waals surface area contributed by atoms with Crippen LogP contribution in [0.5, 0.6) is 0 Å². The van der Waals surface area contributed by atoms with E-state index in [0.717, 1.165) is 10.2 Å². The predicted molar refractivity (Wildman–Crippen MR) is 52.5 cm³/mol. The van der Waals surface area contributed by atoms with Crippen LogP contribution in [-0.4, -0.2) is 34.7 Å². The zero-order valence-electron chi connectivity index (χ0n) is 7.70. The number of aliphatic hydroxyl groups is 1. The molecule has 0 aliphatic rings. The first-order chi connectivity index (χ1) is 6.13. The Labute approximate surface area is 85.6 Å². The van der Waals surface area contributed by atoms with E-state index in [0.29, 0.717) is 13.2 Å². The lowest BCUT2D eigenvalue weighted by Crippen LogP contribution is -2.21. The molecule has 0 aliphatic carbocycles. The smallest absolute Gasteiger partial charge is 0.0968 e. The standard InChI is InChI=1S/C8H13BrN2O2/c1-6-8(9)4-11(10-6)3-7(12)5-13-2/h4,7,12H,3,5H2,1-2H3. The molecule has 13 heavy (non-hydrogen) atoms. The molecule has 1 rings (SSSR count). The van der Waals surface area contributed by atoms with Crippen molar-refractivity contribution in [1.82, 2.24) is 9.78 Å². The van der Waals surface area contributed by atoms with E-state index in [1.54, 1.807) is 11.8 Å². The molecule has 0 spiro atoms. The summed E-state index contributed by atoms with van der Waals surface area (Å²) in [6.07, 6.45) is 1.34. The summed E-state index contributed by atoms with van der Waals surface area (Å²) in [5, 5.41) is 13.6. The summed E-state index contributed by atoms with van der Waals surface area (Å²) in [6.45, 7) is 2.69. The lowest BCUT2D eigenvalue weighted by Gasteiger charge is -2.08. The number of nitrogens with zero attached hydrogens (tertiary/aromatic N) is 2. The maximum Gasteiger partial charge on any atom is 0.0968 e. The first kappa shape index (κ1) is 10.7. The molecular formula is C8H13BrN2O2. The largest absolute Gasteiger partial charge is 0.389 e. The van der Waals surface area contributed by atoms with Gasteiger partial charge in [-0.05, 0) is 22.9 Å². The average molecular weight is 249 g/mol. The minimum absolute atomic E-state index is 0.330. The predicted octanol–water partition coefficient (Wildman–Crippen LogP) is 0.961. The van der Waals surface area contributed by atoms with Crippen molar-refractivity contribution >= 4 is 15.9 Å². The molecule has 74 valence electrons. The molecule has 1 aromatic heterocycles. The maximum absolute atomic E-state index is 9.40. The number of halogens is 1. The Kier molecular flexibility index (Phi) is 3.90. The van der Waals surface area contributed by atoms with Crippen molar-refractivity contribution < 1.29 is 9.84 Å². The van der Waals surface area contributed by atoms with E-state index in [1.165, 1.54) is 0 Å². The molecule has 0 saturated carbocycles. The van der Waals surface area contributed by atoms with Crippen LogP contribution in [0.2, 0.25) is 0 Å². The summed E-state index contributed by atoms with van der Waals surface area (Å²) in [4.78, 5) is 0. The van der Waals surface area contributed by atoms with Gasteiger partial charge in [0, 0.05) is 13.3 Å². The van der Waals surface area contributed by atoms with E-state index in [9.17, 15) is 5.11 Å². The molecule has 0 amide bonds. The van der Waals surface area contributed by atoms with Gasteiger partial charge in [0.15, 0.2) is 0 Å². The molecule has 4 nitrogen and oxygen atoms in total. The summed E-state index contributed by atoms with van der Waals surface area (Å²) in [6, 6.07) is 0. The zero-order chi connectivity index (χ0) is 9.84. The van der Waals surface area contributed by atoms with Crippen LogP contribution in [0.1, 0.15) is 5.69 Å². The number of methoxy groups -OCH3 is 1. The molecular weight excluding hydrogens is 236 g/mol. The minimum atomic E-state index is -0.504. The molecule has 1 heterocycles. The third kappa shape index (κ3) is 3.10. The highest BCUT2D eigenvalue weighted by Gasteiger charge is 2.07. The van der Waals surface area contributed by atoms with Gasteiger partial charge in [-0.1, -0.05) is 0 Å². The van der Waals surface area contributed by atoms with Crippen molar-refractivity contribution in [1.29, 1.82) is 0 Å². The summed E-state index contributed by atoms with van der Waals surface area (Å²) >= 11 is 3.35. The highest BCUT2D eigenvalue weighted by Crippen LogP contribution is 2.13. The Bertz CT molecular complexity index is 256. The summed E-state index contributed by atoms with van der Waals surface area (Å²) in [5.41, 5.74) is 0.921. The van der Waals surface area contributed by atoms with Crippen LogP contribution in [0.4, 0.5) is 0 Å². The molecule has 5 heteroatoms. The zero-order valence-corrected chi connectivity index (χ0v) is 9.28. The Morgan fingerprint density at radius 2 is 2.46 bits per heavy atom. The van der Waals surface area contributed by atoms with E-state index < -0.39 is 6.10 Å². The second-order valence-electron chi connectivity index (χ2n) is 2.89. The van der Waals surface area contributed by atoms with E-state index in [4.69, 9.17) is 4.74 Å². The van der Waals surface area contributed by atoms with Gasteiger partial charge in [-0.15, -0.1) is 0 Å². The lowest BCUT2D eigenvalue weighted by atomic mass is 10.4. The third-order valence-electron chi connectivity index (χ3n) is 1.64. The molecule has 1 aromatic rings. The number of hydrogen-bond acceptors (Lipinski definition) is 3. The normalized spacial score (nSPS) is 13.2. The average Bonchev–Trinajstić information content (AvgIpc) is 2.31. The highest BCUT2D eigenvalue weighted by atomic mass is 79.9. The van der Waals surface area contributed by atoms with Crippen molar-refractivity contribution in [2.24, 2.45) is 0 Å². The van der Waals surface area contributed by atoms with Gasteiger partial charge in [-0.25, -0.2) is 0 Å². The molecule has 1 unspecified atom stereocenters. The van der Waals surface area contributed by atoms with E-state index in [1.807, 2.05) is 13.1 Å². The molecule has 0 aliphatic heterocycles. The fraction of sp³-hybridized carbons (Fsp3) is 0.625. The SMILES string of the molecule is COCC(O)Cn1cc(Br)c(C)n1. The highest BCUT2D eigenvalue weighted by molar-refractivity contribution is 9.10. The van der Waals surface area contributed by atoms with Crippen molar-refractivity contribution in [3.05, 3.63) is 16.4 Å². The van der Waals surface area contributed by atoms with Gasteiger partial charge in [-0.3, -0.25) is 4.68 Å². The van der Waals surface area contributed by atoms with Gasteiger partial charge < -0.3 is 9.84 Å². The molecule has 1 N–H and O–H groups in total. The quantitative estimate of drug-likeness (QED) is 0.864. The fourth-order valence-corrected chi connectivity index (χ4v) is 1.36. The summed E-state index contributed by atoms with van der Waals surface area (Å²) < 4.78 is 7.46. The van der Waals surface area contributed by atoms with Crippen LogP contribution in [0.15, 0.2) is 10.7 Å². The van der Waals surface area contributed by atoms with Crippen LogP contribution in [-0.2, 0) is 11.3 Å². The number of aliphatic hydroxyl groups excluding tert-OH is 1. The molecule has 0 bridgehead atoms. The lowest BCUT2D eigenvalue weighted by molar-refractivity contribution is 0.0513. The van der Waals surface area contributed by atoms with Gasteiger partial charge in [0.1, 0.15) is 0 Å². The van der Waals surface area contributed by atoms with Gasteiger partial charge in [0.2, 0.25) is 0 Å². The first-order valence-corrected chi connectivity index (χ1v) is 4.79. The third-order valence-corrected chi connectivity index (χ3v) is 2.42. The molecule has 0 fully saturated rings. The molecule has 0 radical (unpaired) electrons. The van der Waals surface area contributed by atoms with Gasteiger partial charge >= 0.3 is 0 Å². The van der Waals surface area contributed by atoms with Gasteiger partial charge in [0.05, 0.1) is 29.4 Å². The van der Waals surface area contributed by atoms with E-state index in [-0.39, 0.29) is 0 Å². The monoisotopic (exact) mass is 248 g/mol. The number of aromatic nitrogens is 2. The van der Waals surface area contributed by atoms with E-state index in [2.05, 4.69) is 21.0 Å². The number of hydrogen-bond donors (Lipinski definition) is 1. The maximum atomic E-state index is 9.40. The first-order valence-electron chi connectivity index (χ1n) is 4.00. The van der Waals surface area contributed by atoms with Crippen molar-refractivity contribution in [3.63, 3.8) is 0 Å². The van der Waals surface area contributed by atoms with Gasteiger partial charge in [0.25, 0.3) is 0 Å². The summed E-state index contributed by atoms with van der Waals surface area (Å²) in [7, 11) is 1.56. The molecule has 0 saturated heterocycles. The number of rotatable bonds is 4. The Hall–Kier alpha value is -0.390. The molecule has 1 atom stereocenters. The minimum Gasteiger partial charge on any atom is -0.389 e. The Morgan fingerprint density at radius 1 is 1.77 bits per heavy atom. The van der Waals surface area contributed by atoms with Crippen molar-refractivity contribution in [2.45, 2.75) is 19.6 Å². The van der Waals surface area contributed by atoms with Gasteiger partial charge in [-0.2, -0.15) is 5.10 Å². The Morgan fingerprint density at radius 3 is 2.92 bits per heavy atom. The fourth-order valence-electron chi connectivity index (χ4n) is 1.05. The van der Waals surface area contributed by atoms with Crippen LogP contribution in [0.25, 0.3) is 0 Å². The van der Waals surface area contributed by atoms with Crippen molar-refractivity contribution in [3.8, 4) is 0 Å². The van der Waals surface area contributed by atoms with Crippen LogP contribution >= 0.6 is 15.9 Å². The van der Waals surface area contributed by atoms with Crippen molar-refractivity contribution in [2.75, 3.05) is 13.7 Å². The summed E-state index contributed by atoms with van der Waals surface area (Å²) in [5.74, 6) is 0. The number of aryl methyl sites for hydroxylation is 1. The van der Waals surface area contributed by atoms with E-state index >= 15 is 0 Å². The second kappa shape index (κ2) is 4.74. The van der Waals surface area contributed by atoms with Crippen LogP contribution in [0.3, 0.4) is 0 Å². The molecule has 0 aromatic carbocycles. The Balaban J connectivity index is 2.53.